The average molecular weight is 280 g/mol. The normalized spacial score (nSPS) is 11.4. The van der Waals surface area contributed by atoms with Crippen LogP contribution in [0.3, 0.4) is 0 Å². The molecule has 1 rings (SSSR count). The molecule has 1 amide bonds. The molecule has 0 fully saturated rings. The fraction of sp³-hybridized carbons (Fsp3) is 0.250. The van der Waals surface area contributed by atoms with Crippen LogP contribution in [0.5, 0.6) is 0 Å². The van der Waals surface area contributed by atoms with Crippen LogP contribution in [0.1, 0.15) is 10.4 Å². The van der Waals surface area contributed by atoms with Gasteiger partial charge in [0.2, 0.25) is 0 Å². The molecule has 7 heteroatoms. The van der Waals surface area contributed by atoms with E-state index in [0.29, 0.717) is 4.90 Å². The third-order valence-corrected chi connectivity index (χ3v) is 3.15. The smallest absolute Gasteiger partial charge is 0.328 e. The molecule has 0 aromatic heterocycles. The third-order valence-electron chi connectivity index (χ3n) is 2.21. The predicted octanol–water partition coefficient (Wildman–Crippen LogP) is 0.478. The van der Waals surface area contributed by atoms with Gasteiger partial charge in [0.25, 0.3) is 5.91 Å². The van der Waals surface area contributed by atoms with Crippen molar-refractivity contribution < 1.29 is 19.8 Å². The zero-order chi connectivity index (χ0) is 14.3. The second-order valence-electron chi connectivity index (χ2n) is 3.49. The van der Waals surface area contributed by atoms with E-state index in [1.165, 1.54) is 17.8 Å². The van der Waals surface area contributed by atoms with E-state index in [1.54, 1.807) is 18.2 Å². The summed E-state index contributed by atoms with van der Waals surface area (Å²) in [5.41, 5.74) is 0.280. The third kappa shape index (κ3) is 4.28. The number of aliphatic hydroxyl groups excluding tert-OH is 1. The number of carbonyl (C=O) groups is 2. The Morgan fingerprint density at radius 3 is 2.68 bits per heavy atom. The van der Waals surface area contributed by atoms with Crippen molar-refractivity contribution in [3.05, 3.63) is 29.8 Å². The molecule has 0 spiro atoms. The fourth-order valence-electron chi connectivity index (χ4n) is 1.31. The van der Waals surface area contributed by atoms with Gasteiger partial charge in [-0.25, -0.2) is 4.79 Å². The van der Waals surface area contributed by atoms with Gasteiger partial charge in [-0.2, -0.15) is 5.26 Å². The molecule has 0 saturated carbocycles. The van der Waals surface area contributed by atoms with Gasteiger partial charge in [-0.05, 0) is 12.1 Å². The van der Waals surface area contributed by atoms with Gasteiger partial charge in [0, 0.05) is 4.90 Å². The number of aliphatic carboxylic acids is 1. The topological polar surface area (TPSA) is 110 Å². The van der Waals surface area contributed by atoms with Crippen molar-refractivity contribution >= 4 is 23.6 Å². The molecule has 3 N–H and O–H groups in total. The Morgan fingerprint density at radius 1 is 1.42 bits per heavy atom. The van der Waals surface area contributed by atoms with Crippen LogP contribution < -0.4 is 5.32 Å². The van der Waals surface area contributed by atoms with Gasteiger partial charge in [0.15, 0.2) is 6.04 Å². The number of hydrogen-bond acceptors (Lipinski definition) is 5. The van der Waals surface area contributed by atoms with Gasteiger partial charge in [-0.3, -0.25) is 4.79 Å². The molecule has 1 aromatic carbocycles. The molecule has 0 aliphatic carbocycles. The lowest BCUT2D eigenvalue weighted by molar-refractivity contribution is -0.140. The van der Waals surface area contributed by atoms with E-state index in [4.69, 9.17) is 15.5 Å². The van der Waals surface area contributed by atoms with Crippen molar-refractivity contribution in [2.24, 2.45) is 0 Å². The highest BCUT2D eigenvalue weighted by molar-refractivity contribution is 7.99. The molecule has 1 atom stereocenters. The fourth-order valence-corrected chi connectivity index (χ4v) is 2.02. The molecule has 0 aliphatic rings. The Hall–Kier alpha value is -2.04. The number of rotatable bonds is 6. The van der Waals surface area contributed by atoms with Gasteiger partial charge in [-0.15, -0.1) is 11.8 Å². The molecule has 0 saturated heterocycles. The van der Waals surface area contributed by atoms with Crippen LogP contribution in [-0.2, 0) is 4.79 Å². The second kappa shape index (κ2) is 7.41. The van der Waals surface area contributed by atoms with Crippen LogP contribution in [0.15, 0.2) is 29.2 Å². The molecule has 6 nitrogen and oxygen atoms in total. The van der Waals surface area contributed by atoms with Crippen molar-refractivity contribution in [3.8, 4) is 6.07 Å². The van der Waals surface area contributed by atoms with E-state index >= 15 is 0 Å². The quantitative estimate of drug-likeness (QED) is 0.654. The zero-order valence-electron chi connectivity index (χ0n) is 9.87. The first-order valence-corrected chi connectivity index (χ1v) is 6.32. The molecule has 0 heterocycles. The summed E-state index contributed by atoms with van der Waals surface area (Å²) in [5, 5.41) is 28.4. The largest absolute Gasteiger partial charge is 0.480 e. The first-order chi connectivity index (χ1) is 9.10. The van der Waals surface area contributed by atoms with Gasteiger partial charge in [0.05, 0.1) is 24.0 Å². The minimum absolute atomic E-state index is 0.187. The average Bonchev–Trinajstić information content (AvgIpc) is 2.42. The van der Waals surface area contributed by atoms with E-state index < -0.39 is 24.5 Å². The van der Waals surface area contributed by atoms with Gasteiger partial charge >= 0.3 is 5.97 Å². The van der Waals surface area contributed by atoms with Crippen LogP contribution >= 0.6 is 11.8 Å². The van der Waals surface area contributed by atoms with Crippen LogP contribution in [0.25, 0.3) is 0 Å². The summed E-state index contributed by atoms with van der Waals surface area (Å²) in [6, 6.07) is 7.17. The van der Waals surface area contributed by atoms with Crippen molar-refractivity contribution in [2.75, 3.05) is 12.4 Å². The molecule has 19 heavy (non-hydrogen) atoms. The van der Waals surface area contributed by atoms with E-state index in [9.17, 15) is 9.59 Å². The number of carbonyl (C=O) groups excluding carboxylic acids is 1. The van der Waals surface area contributed by atoms with E-state index in [0.717, 1.165) is 0 Å². The maximum Gasteiger partial charge on any atom is 0.328 e. The maximum atomic E-state index is 11.9. The molecule has 100 valence electrons. The van der Waals surface area contributed by atoms with E-state index in [1.807, 2.05) is 6.07 Å². The first kappa shape index (κ1) is 15.0. The molecule has 0 radical (unpaired) electrons. The Labute approximate surface area is 114 Å². The minimum Gasteiger partial charge on any atom is -0.480 e. The number of nitrogens with one attached hydrogen (secondary N) is 1. The molecule has 0 aliphatic heterocycles. The van der Waals surface area contributed by atoms with Gasteiger partial charge in [0.1, 0.15) is 0 Å². The number of carboxylic acids is 1. The summed E-state index contributed by atoms with van der Waals surface area (Å²) >= 11 is 1.19. The van der Waals surface area contributed by atoms with Gasteiger partial charge < -0.3 is 15.5 Å². The number of carboxylic acid groups (broad SMARTS) is 1. The van der Waals surface area contributed by atoms with Crippen molar-refractivity contribution in [3.63, 3.8) is 0 Å². The lowest BCUT2D eigenvalue weighted by Gasteiger charge is -2.13. The number of nitrogens with zero attached hydrogens (tertiary/aromatic N) is 1. The number of thioether (sulfide) groups is 1. The molecular formula is C12H12N2O4S. The second-order valence-corrected chi connectivity index (χ2v) is 4.51. The number of amides is 1. The number of nitriles is 1. The highest BCUT2D eigenvalue weighted by Crippen LogP contribution is 2.22. The van der Waals surface area contributed by atoms with Crippen molar-refractivity contribution in [2.45, 2.75) is 10.9 Å². The summed E-state index contributed by atoms with van der Waals surface area (Å²) in [6.45, 7) is -0.686. The summed E-state index contributed by atoms with van der Waals surface area (Å²) in [6.07, 6.45) is 0. The SMILES string of the molecule is N#CCSc1ccccc1C(=O)N[C@H](CO)C(=O)O. The predicted molar refractivity (Wildman–Crippen MR) is 68.8 cm³/mol. The van der Waals surface area contributed by atoms with Crippen LogP contribution in [-0.4, -0.2) is 40.5 Å². The summed E-state index contributed by atoms with van der Waals surface area (Å²) in [4.78, 5) is 23.2. The van der Waals surface area contributed by atoms with Crippen LogP contribution in [0, 0.1) is 11.3 Å². The maximum absolute atomic E-state index is 11.9. The van der Waals surface area contributed by atoms with Crippen LogP contribution in [0.2, 0.25) is 0 Å². The van der Waals surface area contributed by atoms with E-state index in [2.05, 4.69) is 5.32 Å². The molecule has 1 aromatic rings. The monoisotopic (exact) mass is 280 g/mol. The van der Waals surface area contributed by atoms with E-state index in [-0.39, 0.29) is 11.3 Å². The lowest BCUT2D eigenvalue weighted by Crippen LogP contribution is -2.43. The molecular weight excluding hydrogens is 268 g/mol. The number of aliphatic hydroxyl groups is 1. The Kier molecular flexibility index (Phi) is 5.85. The van der Waals surface area contributed by atoms with Gasteiger partial charge in [-0.1, -0.05) is 12.1 Å². The Morgan fingerprint density at radius 2 is 2.11 bits per heavy atom. The molecule has 0 unspecified atom stereocenters. The minimum atomic E-state index is -1.35. The number of hydrogen-bond donors (Lipinski definition) is 3. The number of benzene rings is 1. The molecule has 0 bridgehead atoms. The highest BCUT2D eigenvalue weighted by atomic mass is 32.2. The zero-order valence-corrected chi connectivity index (χ0v) is 10.7. The first-order valence-electron chi connectivity index (χ1n) is 5.33. The van der Waals surface area contributed by atoms with Crippen molar-refractivity contribution in [1.29, 1.82) is 5.26 Å². The summed E-state index contributed by atoms with van der Waals surface area (Å²) < 4.78 is 0. The van der Waals surface area contributed by atoms with Crippen molar-refractivity contribution in [1.82, 2.24) is 5.32 Å². The lowest BCUT2D eigenvalue weighted by atomic mass is 10.2. The Balaban J connectivity index is 2.87. The Bertz CT molecular complexity index is 513. The summed E-state index contributed by atoms with van der Waals surface area (Å²) in [5.74, 6) is -1.72. The van der Waals surface area contributed by atoms with Crippen LogP contribution in [0.4, 0.5) is 0 Å². The summed E-state index contributed by atoms with van der Waals surface area (Å²) in [7, 11) is 0. The highest BCUT2D eigenvalue weighted by Gasteiger charge is 2.20. The standard InChI is InChI=1S/C12H12N2O4S/c13-5-6-19-10-4-2-1-3-8(10)11(16)14-9(7-15)12(17)18/h1-4,9,15H,6-7H2,(H,14,16)(H,17,18)/t9-/m1/s1.